The second-order valence-corrected chi connectivity index (χ2v) is 9.26. The van der Waals surface area contributed by atoms with Gasteiger partial charge in [0.05, 0.1) is 5.84 Å². The number of phenolic OH excluding ortho intramolecular Hbond substituents is 1. The number of allylic oxidation sites excluding steroid dienone is 2. The standard InChI is InChI=1S/C32H42N6O/c1-3-14-28(37-29-18-11-7-12-19-29)17-8-4-5-13-24-33-26(2)36-32(38-30-20-22-31(39)23-21-30)35-25-34-27-15-9-6-10-16-27/h6-7,9-12,14-16,18-23,34,37,39H,3-5,8,13,17,24-25H2,1-2H3,(H2,33,35,36,38)/b28-14+. The van der Waals surface area contributed by atoms with Crippen LogP contribution >= 0.6 is 0 Å². The van der Waals surface area contributed by atoms with Crippen LogP contribution in [0.5, 0.6) is 5.75 Å². The maximum Gasteiger partial charge on any atom is 0.203 e. The van der Waals surface area contributed by atoms with E-state index < -0.39 is 0 Å². The zero-order valence-electron chi connectivity index (χ0n) is 23.2. The molecule has 0 spiro atoms. The van der Waals surface area contributed by atoms with E-state index in [1.807, 2.05) is 43.3 Å². The number of nitrogens with one attached hydrogen (secondary N) is 4. The van der Waals surface area contributed by atoms with Crippen LogP contribution in [0.4, 0.5) is 17.1 Å². The Balaban J connectivity index is 1.42. The summed E-state index contributed by atoms with van der Waals surface area (Å²) < 4.78 is 0. The summed E-state index contributed by atoms with van der Waals surface area (Å²) in [6.45, 7) is 5.30. The molecule has 0 aromatic heterocycles. The number of guanidine groups is 1. The van der Waals surface area contributed by atoms with Gasteiger partial charge in [0.1, 0.15) is 12.4 Å². The number of aliphatic imine (C=N–C) groups is 2. The minimum Gasteiger partial charge on any atom is -0.508 e. The van der Waals surface area contributed by atoms with E-state index in [-0.39, 0.29) is 5.75 Å². The molecule has 0 amide bonds. The Morgan fingerprint density at radius 2 is 1.38 bits per heavy atom. The number of nitrogens with zero attached hydrogens (tertiary/aromatic N) is 2. The number of amidine groups is 1. The van der Waals surface area contributed by atoms with Crippen molar-refractivity contribution in [2.75, 3.05) is 29.2 Å². The van der Waals surface area contributed by atoms with Crippen LogP contribution in [0, 0.1) is 0 Å². The second kappa shape index (κ2) is 17.3. The maximum absolute atomic E-state index is 9.58. The van der Waals surface area contributed by atoms with E-state index in [9.17, 15) is 5.11 Å². The number of phenols is 1. The number of anilines is 3. The van der Waals surface area contributed by atoms with E-state index in [2.05, 4.69) is 63.5 Å². The highest BCUT2D eigenvalue weighted by molar-refractivity contribution is 6.05. The number of hydrogen-bond donors (Lipinski definition) is 5. The first-order valence-corrected chi connectivity index (χ1v) is 13.8. The predicted molar refractivity (Wildman–Crippen MR) is 167 cm³/mol. The average molecular weight is 527 g/mol. The van der Waals surface area contributed by atoms with Crippen LogP contribution in [-0.4, -0.2) is 30.1 Å². The minimum absolute atomic E-state index is 0.223. The summed E-state index contributed by atoms with van der Waals surface area (Å²) in [7, 11) is 0. The van der Waals surface area contributed by atoms with Gasteiger partial charge in [0.2, 0.25) is 5.96 Å². The van der Waals surface area contributed by atoms with Gasteiger partial charge in [0, 0.05) is 29.3 Å². The van der Waals surface area contributed by atoms with Gasteiger partial charge in [-0.3, -0.25) is 4.99 Å². The highest BCUT2D eigenvalue weighted by Crippen LogP contribution is 2.16. The lowest BCUT2D eigenvalue weighted by atomic mass is 10.1. The summed E-state index contributed by atoms with van der Waals surface area (Å²) in [5.74, 6) is 1.62. The number of hydrogen-bond acceptors (Lipinski definition) is 5. The van der Waals surface area contributed by atoms with Gasteiger partial charge in [0.25, 0.3) is 0 Å². The van der Waals surface area contributed by atoms with Gasteiger partial charge in [0.15, 0.2) is 0 Å². The quantitative estimate of drug-likeness (QED) is 0.0646. The van der Waals surface area contributed by atoms with E-state index in [4.69, 9.17) is 4.99 Å². The Bertz CT molecular complexity index is 1170. The van der Waals surface area contributed by atoms with Crippen molar-refractivity contribution in [3.05, 3.63) is 96.7 Å². The molecule has 3 aromatic carbocycles. The van der Waals surface area contributed by atoms with Gasteiger partial charge in [-0.2, -0.15) is 0 Å². The number of benzene rings is 3. The fourth-order valence-corrected chi connectivity index (χ4v) is 3.96. The average Bonchev–Trinajstić information content (AvgIpc) is 2.95. The lowest BCUT2D eigenvalue weighted by Gasteiger charge is -2.13. The highest BCUT2D eigenvalue weighted by Gasteiger charge is 2.03. The number of para-hydroxylation sites is 2. The fraction of sp³-hybridized carbons (Fsp3) is 0.312. The van der Waals surface area contributed by atoms with Crippen molar-refractivity contribution in [1.82, 2.24) is 5.32 Å². The summed E-state index contributed by atoms with van der Waals surface area (Å²) in [6.07, 6.45) is 8.92. The van der Waals surface area contributed by atoms with E-state index in [1.165, 1.54) is 12.1 Å². The predicted octanol–water partition coefficient (Wildman–Crippen LogP) is 7.59. The molecule has 0 aliphatic rings. The zero-order valence-corrected chi connectivity index (χ0v) is 23.2. The third kappa shape index (κ3) is 12.2. The number of aromatic hydroxyl groups is 1. The van der Waals surface area contributed by atoms with Gasteiger partial charge in [-0.1, -0.05) is 62.2 Å². The van der Waals surface area contributed by atoms with Crippen molar-refractivity contribution in [1.29, 1.82) is 0 Å². The van der Waals surface area contributed by atoms with Crippen LogP contribution in [0.1, 0.15) is 52.4 Å². The summed E-state index contributed by atoms with van der Waals surface area (Å²) >= 11 is 0. The molecule has 0 aliphatic carbocycles. The van der Waals surface area contributed by atoms with Crippen LogP contribution < -0.4 is 21.3 Å². The Morgan fingerprint density at radius 1 is 0.744 bits per heavy atom. The second-order valence-electron chi connectivity index (χ2n) is 9.26. The van der Waals surface area contributed by atoms with Crippen molar-refractivity contribution in [2.24, 2.45) is 9.98 Å². The lowest BCUT2D eigenvalue weighted by Crippen LogP contribution is -2.35. The number of unbranched alkanes of at least 4 members (excludes halogenated alkanes) is 3. The number of rotatable bonds is 14. The lowest BCUT2D eigenvalue weighted by molar-refractivity contribution is 0.475. The zero-order chi connectivity index (χ0) is 27.5. The molecule has 0 aliphatic heterocycles. The van der Waals surface area contributed by atoms with Crippen LogP contribution in [0.3, 0.4) is 0 Å². The molecule has 0 bridgehead atoms. The monoisotopic (exact) mass is 526 g/mol. The molecule has 3 rings (SSSR count). The molecule has 5 N–H and O–H groups in total. The molecule has 0 fully saturated rings. The molecular formula is C32H42N6O. The van der Waals surface area contributed by atoms with Gasteiger partial charge < -0.3 is 26.4 Å². The molecule has 7 heteroatoms. The van der Waals surface area contributed by atoms with Crippen molar-refractivity contribution in [3.8, 4) is 5.75 Å². The molecule has 0 unspecified atom stereocenters. The Hall–Kier alpha value is -4.26. The van der Waals surface area contributed by atoms with E-state index >= 15 is 0 Å². The molecule has 7 nitrogen and oxygen atoms in total. The first-order chi connectivity index (χ1) is 19.1. The van der Waals surface area contributed by atoms with Crippen molar-refractivity contribution < 1.29 is 5.11 Å². The Kier molecular flexibility index (Phi) is 13.0. The highest BCUT2D eigenvalue weighted by atomic mass is 16.3. The van der Waals surface area contributed by atoms with Crippen LogP contribution in [0.2, 0.25) is 0 Å². The largest absolute Gasteiger partial charge is 0.508 e. The van der Waals surface area contributed by atoms with E-state index in [0.717, 1.165) is 61.5 Å². The van der Waals surface area contributed by atoms with Crippen LogP contribution in [0.25, 0.3) is 0 Å². The molecule has 39 heavy (non-hydrogen) atoms. The Labute approximate surface area is 233 Å². The molecule has 0 heterocycles. The maximum atomic E-state index is 9.58. The van der Waals surface area contributed by atoms with Crippen molar-refractivity contribution >= 4 is 28.9 Å². The van der Waals surface area contributed by atoms with Gasteiger partial charge in [-0.05, 0) is 81.1 Å². The SMILES string of the molecule is CC/C=C(\CCCCCCN=C(C)N/C(=N\CNc1ccccc1)Nc1ccc(O)cc1)Nc1ccccc1. The first-order valence-electron chi connectivity index (χ1n) is 13.8. The molecule has 206 valence electrons. The molecule has 0 atom stereocenters. The van der Waals surface area contributed by atoms with Crippen LogP contribution in [-0.2, 0) is 0 Å². The van der Waals surface area contributed by atoms with Crippen LogP contribution in [0.15, 0.2) is 107 Å². The fourth-order valence-electron chi connectivity index (χ4n) is 3.96. The molecular weight excluding hydrogens is 484 g/mol. The third-order valence-electron chi connectivity index (χ3n) is 5.96. The van der Waals surface area contributed by atoms with Gasteiger partial charge in [-0.15, -0.1) is 0 Å². The van der Waals surface area contributed by atoms with Crippen molar-refractivity contribution in [3.63, 3.8) is 0 Å². The van der Waals surface area contributed by atoms with Gasteiger partial charge in [-0.25, -0.2) is 4.99 Å². The normalized spacial score (nSPS) is 12.2. The summed E-state index contributed by atoms with van der Waals surface area (Å²) in [5.41, 5.74) is 4.28. The van der Waals surface area contributed by atoms with E-state index in [1.54, 1.807) is 24.3 Å². The molecule has 0 radical (unpaired) electrons. The Morgan fingerprint density at radius 3 is 2.08 bits per heavy atom. The van der Waals surface area contributed by atoms with E-state index in [0.29, 0.717) is 12.6 Å². The summed E-state index contributed by atoms with van der Waals surface area (Å²) in [5, 5.41) is 23.0. The molecule has 3 aromatic rings. The first kappa shape index (κ1) is 29.3. The third-order valence-corrected chi connectivity index (χ3v) is 5.96. The molecule has 0 saturated heterocycles. The van der Waals surface area contributed by atoms with Gasteiger partial charge >= 0.3 is 0 Å². The van der Waals surface area contributed by atoms with Crippen molar-refractivity contribution in [2.45, 2.75) is 52.4 Å². The summed E-state index contributed by atoms with van der Waals surface area (Å²) in [4.78, 5) is 9.34. The summed E-state index contributed by atoms with van der Waals surface area (Å²) in [6, 6.07) is 27.2. The minimum atomic E-state index is 0.223. The molecule has 0 saturated carbocycles. The topological polar surface area (TPSA) is 93.1 Å². The smallest absolute Gasteiger partial charge is 0.203 e.